The molecular formula is C15H22N2O. The Morgan fingerprint density at radius 1 is 1.50 bits per heavy atom. The van der Waals surface area contributed by atoms with E-state index in [0.717, 1.165) is 31.4 Å². The van der Waals surface area contributed by atoms with Crippen LogP contribution in [0, 0.1) is 0 Å². The van der Waals surface area contributed by atoms with Crippen LogP contribution in [0.15, 0.2) is 12.1 Å². The van der Waals surface area contributed by atoms with Crippen molar-refractivity contribution in [2.45, 2.75) is 51.9 Å². The van der Waals surface area contributed by atoms with E-state index in [1.165, 1.54) is 23.1 Å². The van der Waals surface area contributed by atoms with E-state index >= 15 is 0 Å². The lowest BCUT2D eigenvalue weighted by atomic mass is 9.95. The van der Waals surface area contributed by atoms with Crippen molar-refractivity contribution in [3.8, 4) is 0 Å². The number of rotatable bonds is 4. The maximum Gasteiger partial charge on any atom is 0.316 e. The highest BCUT2D eigenvalue weighted by molar-refractivity contribution is 5.90. The zero-order chi connectivity index (χ0) is 13.1. The molecule has 0 aromatic heterocycles. The highest BCUT2D eigenvalue weighted by Crippen LogP contribution is 2.40. The van der Waals surface area contributed by atoms with Gasteiger partial charge in [-0.15, -0.1) is 0 Å². The molecule has 0 radical (unpaired) electrons. The van der Waals surface area contributed by atoms with Gasteiger partial charge in [0.2, 0.25) is 0 Å². The molecular weight excluding hydrogens is 224 g/mol. The Balaban J connectivity index is 2.40. The predicted molar refractivity (Wildman–Crippen MR) is 75.0 cm³/mol. The minimum atomic E-state index is -0.458. The van der Waals surface area contributed by atoms with Crippen molar-refractivity contribution < 1.29 is 4.79 Å². The number of unbranched alkanes of at least 4 members (excludes halogenated alkanes) is 1. The number of carbonyl (C=O) groups excluding carboxylic acids is 1. The number of hydrogen-bond acceptors (Lipinski definition) is 1. The predicted octanol–water partition coefficient (Wildman–Crippen LogP) is 3.57. The maximum atomic E-state index is 11.2. The van der Waals surface area contributed by atoms with Gasteiger partial charge in [-0.3, -0.25) is 0 Å². The molecule has 0 saturated heterocycles. The molecule has 1 aromatic rings. The fraction of sp³-hybridized carbons (Fsp3) is 0.533. The number of hydrogen-bond donors (Lipinski definition) is 2. The third kappa shape index (κ3) is 2.50. The summed E-state index contributed by atoms with van der Waals surface area (Å²) in [7, 11) is 0. The third-order valence-electron chi connectivity index (χ3n) is 3.81. The van der Waals surface area contributed by atoms with E-state index in [9.17, 15) is 4.79 Å². The van der Waals surface area contributed by atoms with E-state index in [1.54, 1.807) is 0 Å². The third-order valence-corrected chi connectivity index (χ3v) is 3.81. The average Bonchev–Trinajstić information content (AvgIpc) is 2.70. The van der Waals surface area contributed by atoms with Gasteiger partial charge < -0.3 is 11.1 Å². The first-order valence-corrected chi connectivity index (χ1v) is 6.84. The zero-order valence-electron chi connectivity index (χ0n) is 11.3. The quantitative estimate of drug-likeness (QED) is 0.838. The van der Waals surface area contributed by atoms with Crippen LogP contribution in [0.25, 0.3) is 0 Å². The Kier molecular flexibility index (Phi) is 3.90. The van der Waals surface area contributed by atoms with Crippen molar-refractivity contribution in [3.63, 3.8) is 0 Å². The Morgan fingerprint density at radius 2 is 2.28 bits per heavy atom. The molecule has 1 aliphatic rings. The van der Waals surface area contributed by atoms with Crippen molar-refractivity contribution in [2.75, 3.05) is 5.32 Å². The van der Waals surface area contributed by atoms with Crippen LogP contribution in [0.5, 0.6) is 0 Å². The summed E-state index contributed by atoms with van der Waals surface area (Å²) < 4.78 is 0. The lowest BCUT2D eigenvalue weighted by Gasteiger charge is -2.17. The summed E-state index contributed by atoms with van der Waals surface area (Å²) in [5.74, 6) is 0.517. The van der Waals surface area contributed by atoms with Crippen molar-refractivity contribution in [2.24, 2.45) is 5.73 Å². The van der Waals surface area contributed by atoms with Gasteiger partial charge in [-0.2, -0.15) is 0 Å². The minimum absolute atomic E-state index is 0.458. The van der Waals surface area contributed by atoms with Gasteiger partial charge in [-0.05, 0) is 48.3 Å². The maximum absolute atomic E-state index is 11.2. The number of fused-ring (bicyclic) bond motifs is 1. The fourth-order valence-electron chi connectivity index (χ4n) is 2.85. The lowest BCUT2D eigenvalue weighted by Crippen LogP contribution is -2.21. The van der Waals surface area contributed by atoms with Crippen molar-refractivity contribution in [1.82, 2.24) is 0 Å². The second-order valence-corrected chi connectivity index (χ2v) is 5.21. The zero-order valence-corrected chi connectivity index (χ0v) is 11.3. The topological polar surface area (TPSA) is 55.1 Å². The van der Waals surface area contributed by atoms with Gasteiger partial charge in [0.05, 0.1) is 0 Å². The molecule has 98 valence electrons. The van der Waals surface area contributed by atoms with Gasteiger partial charge in [0.15, 0.2) is 0 Å². The summed E-state index contributed by atoms with van der Waals surface area (Å²) in [6.07, 6.45) is 5.58. The number of benzene rings is 1. The molecule has 1 aliphatic carbocycles. The summed E-state index contributed by atoms with van der Waals surface area (Å²) in [4.78, 5) is 11.2. The average molecular weight is 246 g/mol. The first-order chi connectivity index (χ1) is 8.63. The highest BCUT2D eigenvalue weighted by Gasteiger charge is 2.24. The lowest BCUT2D eigenvalue weighted by molar-refractivity contribution is 0.259. The molecule has 0 aliphatic heterocycles. The molecule has 2 amide bonds. The van der Waals surface area contributed by atoms with Gasteiger partial charge in [-0.25, -0.2) is 4.79 Å². The van der Waals surface area contributed by atoms with E-state index in [4.69, 9.17) is 5.73 Å². The van der Waals surface area contributed by atoms with Crippen LogP contribution >= 0.6 is 0 Å². The molecule has 2 rings (SSSR count). The number of amides is 2. The Morgan fingerprint density at radius 3 is 2.94 bits per heavy atom. The number of primary amides is 1. The SMILES string of the molecule is CCCCc1ccc2c(c1NC(N)=O)C(C)CC2. The molecule has 3 N–H and O–H groups in total. The highest BCUT2D eigenvalue weighted by atomic mass is 16.2. The van der Waals surface area contributed by atoms with Crippen LogP contribution in [-0.4, -0.2) is 6.03 Å². The number of nitrogens with one attached hydrogen (secondary N) is 1. The van der Waals surface area contributed by atoms with Gasteiger partial charge in [0.1, 0.15) is 0 Å². The van der Waals surface area contributed by atoms with Gasteiger partial charge in [0.25, 0.3) is 0 Å². The van der Waals surface area contributed by atoms with E-state index < -0.39 is 6.03 Å². The van der Waals surface area contributed by atoms with Crippen LogP contribution in [0.2, 0.25) is 0 Å². The standard InChI is InChI=1S/C15H22N2O/c1-3-4-5-12-9-8-11-7-6-10(2)13(11)14(12)17-15(16)18/h8-10H,3-7H2,1-2H3,(H3,16,17,18). The summed E-state index contributed by atoms with van der Waals surface area (Å²) in [6, 6.07) is 3.91. The Bertz CT molecular complexity index is 454. The Hall–Kier alpha value is -1.51. The first-order valence-electron chi connectivity index (χ1n) is 6.84. The number of urea groups is 1. The van der Waals surface area contributed by atoms with Crippen LogP contribution in [0.3, 0.4) is 0 Å². The molecule has 0 saturated carbocycles. The fourth-order valence-corrected chi connectivity index (χ4v) is 2.85. The molecule has 0 bridgehead atoms. The molecule has 0 heterocycles. The number of anilines is 1. The molecule has 1 atom stereocenters. The smallest absolute Gasteiger partial charge is 0.316 e. The van der Waals surface area contributed by atoms with E-state index in [0.29, 0.717) is 5.92 Å². The number of aryl methyl sites for hydroxylation is 2. The van der Waals surface area contributed by atoms with E-state index in [1.807, 2.05) is 0 Å². The van der Waals surface area contributed by atoms with Crippen LogP contribution in [0.1, 0.15) is 55.7 Å². The molecule has 1 aromatic carbocycles. The van der Waals surface area contributed by atoms with Crippen molar-refractivity contribution in [1.29, 1.82) is 0 Å². The number of nitrogens with two attached hydrogens (primary N) is 1. The van der Waals surface area contributed by atoms with E-state index in [-0.39, 0.29) is 0 Å². The van der Waals surface area contributed by atoms with Crippen molar-refractivity contribution >= 4 is 11.7 Å². The first kappa shape index (κ1) is 12.9. The largest absolute Gasteiger partial charge is 0.351 e. The second kappa shape index (κ2) is 5.42. The molecule has 3 nitrogen and oxygen atoms in total. The molecule has 0 fully saturated rings. The molecule has 1 unspecified atom stereocenters. The molecule has 0 spiro atoms. The number of carbonyl (C=O) groups is 1. The van der Waals surface area contributed by atoms with Crippen LogP contribution in [-0.2, 0) is 12.8 Å². The summed E-state index contributed by atoms with van der Waals surface area (Å²) in [6.45, 7) is 4.40. The van der Waals surface area contributed by atoms with Crippen LogP contribution < -0.4 is 11.1 Å². The van der Waals surface area contributed by atoms with Gasteiger partial charge in [-0.1, -0.05) is 32.4 Å². The van der Waals surface area contributed by atoms with Gasteiger partial charge >= 0.3 is 6.03 Å². The summed E-state index contributed by atoms with van der Waals surface area (Å²) in [5, 5.41) is 2.85. The minimum Gasteiger partial charge on any atom is -0.351 e. The van der Waals surface area contributed by atoms with Crippen molar-refractivity contribution in [3.05, 3.63) is 28.8 Å². The summed E-state index contributed by atoms with van der Waals surface area (Å²) in [5.41, 5.74) is 10.2. The molecule has 3 heteroatoms. The second-order valence-electron chi connectivity index (χ2n) is 5.21. The normalized spacial score (nSPS) is 17.6. The van der Waals surface area contributed by atoms with E-state index in [2.05, 4.69) is 31.3 Å². The Labute approximate surface area is 109 Å². The molecule has 18 heavy (non-hydrogen) atoms. The van der Waals surface area contributed by atoms with Gasteiger partial charge in [0, 0.05) is 5.69 Å². The summed E-state index contributed by atoms with van der Waals surface area (Å²) >= 11 is 0. The van der Waals surface area contributed by atoms with Crippen LogP contribution in [0.4, 0.5) is 10.5 Å². The monoisotopic (exact) mass is 246 g/mol.